The molecule has 1 heterocycles. The summed E-state index contributed by atoms with van der Waals surface area (Å²) in [5.41, 5.74) is 3.14. The minimum absolute atomic E-state index is 0.0940. The lowest BCUT2D eigenvalue weighted by Gasteiger charge is -2.17. The van der Waals surface area contributed by atoms with Crippen molar-refractivity contribution >= 4 is 81.3 Å². The van der Waals surface area contributed by atoms with Crippen LogP contribution in [0.3, 0.4) is 0 Å². The Morgan fingerprint density at radius 1 is 0.714 bits per heavy atom. The summed E-state index contributed by atoms with van der Waals surface area (Å²) in [5, 5.41) is 0. The maximum absolute atomic E-state index is 5.92. The van der Waals surface area contributed by atoms with Gasteiger partial charge in [-0.25, -0.2) is 15.0 Å². The molecule has 3 rings (SSSR count). The molecule has 0 N–H and O–H groups in total. The molecular weight excluding hydrogens is 483 g/mol. The smallest absolute Gasteiger partial charge is 0.209 e. The summed E-state index contributed by atoms with van der Waals surface area (Å²) in [6.45, 7) is 0. The molecule has 1 aliphatic carbocycles. The van der Waals surface area contributed by atoms with Crippen molar-refractivity contribution < 1.29 is 0 Å². The van der Waals surface area contributed by atoms with Crippen molar-refractivity contribution in [2.45, 2.75) is 20.4 Å². The third kappa shape index (κ3) is 5.85. The molecule has 0 spiro atoms. The number of halogens is 6. The van der Waals surface area contributed by atoms with Gasteiger partial charge in [0.2, 0.25) is 7.59 Å². The SMILES string of the molecule is ClC(Cl)(Cl)c1nc(C2=CC=C(/C=C/c3ccccc3)CC2)nc(C(Cl)(Cl)Cl)n1. The fourth-order valence-corrected chi connectivity index (χ4v) is 3.03. The predicted molar refractivity (Wildman–Crippen MR) is 119 cm³/mol. The molecule has 0 radical (unpaired) electrons. The van der Waals surface area contributed by atoms with E-state index in [1.807, 2.05) is 42.5 Å². The molecule has 0 bridgehead atoms. The molecule has 1 aromatic heterocycles. The van der Waals surface area contributed by atoms with Crippen LogP contribution in [0.5, 0.6) is 0 Å². The van der Waals surface area contributed by atoms with E-state index >= 15 is 0 Å². The zero-order valence-corrected chi connectivity index (χ0v) is 18.8. The monoisotopic (exact) mass is 493 g/mol. The van der Waals surface area contributed by atoms with E-state index in [4.69, 9.17) is 69.6 Å². The lowest BCUT2D eigenvalue weighted by molar-refractivity contribution is 0.822. The minimum Gasteiger partial charge on any atom is -0.209 e. The second kappa shape index (κ2) is 8.91. The Kier molecular flexibility index (Phi) is 6.96. The highest BCUT2D eigenvalue weighted by Crippen LogP contribution is 2.40. The first-order valence-electron chi connectivity index (χ1n) is 8.16. The standard InChI is InChI=1S/C19H13Cl6N3/c20-18(21,22)16-26-15(27-17(28-16)19(23,24)25)14-10-8-13(9-11-14)7-6-12-4-2-1-3-5-12/h1-8,10H,9,11H2/b7-6+. The molecular formula is C19H13Cl6N3. The number of benzene rings is 1. The van der Waals surface area contributed by atoms with Gasteiger partial charge in [0.15, 0.2) is 17.5 Å². The van der Waals surface area contributed by atoms with E-state index in [0.717, 1.165) is 17.6 Å². The summed E-state index contributed by atoms with van der Waals surface area (Å²) in [4.78, 5) is 12.5. The third-order valence-corrected chi connectivity index (χ3v) is 4.91. The van der Waals surface area contributed by atoms with Gasteiger partial charge in [-0.05, 0) is 29.6 Å². The molecule has 0 unspecified atom stereocenters. The van der Waals surface area contributed by atoms with Crippen LogP contribution < -0.4 is 0 Å². The van der Waals surface area contributed by atoms with Crippen LogP contribution in [-0.4, -0.2) is 15.0 Å². The van der Waals surface area contributed by atoms with Crippen LogP contribution in [-0.2, 0) is 7.59 Å². The van der Waals surface area contributed by atoms with Crippen molar-refractivity contribution in [1.82, 2.24) is 15.0 Å². The molecule has 0 aliphatic heterocycles. The Bertz CT molecular complexity index is 908. The highest BCUT2D eigenvalue weighted by Gasteiger charge is 2.34. The second-order valence-corrected chi connectivity index (χ2v) is 10.5. The summed E-state index contributed by atoms with van der Waals surface area (Å²) >= 11 is 35.5. The number of hydrogen-bond donors (Lipinski definition) is 0. The van der Waals surface area contributed by atoms with E-state index in [0.29, 0.717) is 12.2 Å². The molecule has 0 fully saturated rings. The maximum Gasteiger partial charge on any atom is 0.250 e. The van der Waals surface area contributed by atoms with Crippen molar-refractivity contribution in [3.05, 3.63) is 77.2 Å². The zero-order valence-electron chi connectivity index (χ0n) is 14.2. The predicted octanol–water partition coefficient (Wildman–Crippen LogP) is 7.34. The highest BCUT2D eigenvalue weighted by molar-refractivity contribution is 6.67. The molecule has 9 heteroatoms. The molecule has 0 amide bonds. The number of rotatable bonds is 3. The van der Waals surface area contributed by atoms with E-state index in [9.17, 15) is 0 Å². The second-order valence-electron chi connectivity index (χ2n) is 5.98. The van der Waals surface area contributed by atoms with Gasteiger partial charge in [-0.15, -0.1) is 0 Å². The van der Waals surface area contributed by atoms with Crippen molar-refractivity contribution in [1.29, 1.82) is 0 Å². The van der Waals surface area contributed by atoms with Gasteiger partial charge in [0.05, 0.1) is 0 Å². The average Bonchev–Trinajstić information content (AvgIpc) is 2.66. The van der Waals surface area contributed by atoms with Crippen LogP contribution in [0.4, 0.5) is 0 Å². The number of allylic oxidation sites excluding steroid dienone is 5. The first-order valence-corrected chi connectivity index (χ1v) is 10.4. The molecule has 0 saturated carbocycles. The topological polar surface area (TPSA) is 38.7 Å². The highest BCUT2D eigenvalue weighted by atomic mass is 35.6. The van der Waals surface area contributed by atoms with Crippen molar-refractivity contribution in [2.75, 3.05) is 0 Å². The van der Waals surface area contributed by atoms with Crippen LogP contribution in [0.1, 0.15) is 35.9 Å². The molecule has 0 atom stereocenters. The van der Waals surface area contributed by atoms with Gasteiger partial charge in [0.1, 0.15) is 0 Å². The number of alkyl halides is 6. The average molecular weight is 496 g/mol. The lowest BCUT2D eigenvalue weighted by atomic mass is 9.97. The van der Waals surface area contributed by atoms with Crippen molar-refractivity contribution in [3.8, 4) is 0 Å². The van der Waals surface area contributed by atoms with Gasteiger partial charge in [-0.3, -0.25) is 0 Å². The molecule has 0 saturated heterocycles. The van der Waals surface area contributed by atoms with Crippen LogP contribution in [0.15, 0.2) is 54.1 Å². The zero-order chi connectivity index (χ0) is 20.4. The van der Waals surface area contributed by atoms with E-state index in [1.165, 1.54) is 5.57 Å². The molecule has 2 aromatic rings. The first kappa shape index (κ1) is 21.9. The normalized spacial score (nSPS) is 15.5. The molecule has 3 nitrogen and oxygen atoms in total. The van der Waals surface area contributed by atoms with Gasteiger partial charge in [-0.1, -0.05) is 124 Å². The summed E-state index contributed by atoms with van der Waals surface area (Å²) in [7, 11) is 0. The van der Waals surface area contributed by atoms with Crippen molar-refractivity contribution in [3.63, 3.8) is 0 Å². The van der Waals surface area contributed by atoms with E-state index in [2.05, 4.69) is 27.1 Å². The number of aromatic nitrogens is 3. The van der Waals surface area contributed by atoms with Gasteiger partial charge < -0.3 is 0 Å². The van der Waals surface area contributed by atoms with Crippen LogP contribution in [0.2, 0.25) is 0 Å². The largest absolute Gasteiger partial charge is 0.250 e. The van der Waals surface area contributed by atoms with E-state index in [-0.39, 0.29) is 11.6 Å². The van der Waals surface area contributed by atoms with E-state index in [1.54, 1.807) is 0 Å². The molecule has 146 valence electrons. The van der Waals surface area contributed by atoms with Gasteiger partial charge in [0, 0.05) is 0 Å². The number of hydrogen-bond acceptors (Lipinski definition) is 3. The quantitative estimate of drug-likeness (QED) is 0.418. The van der Waals surface area contributed by atoms with Crippen LogP contribution in [0, 0.1) is 0 Å². The summed E-state index contributed by atoms with van der Waals surface area (Å²) in [6, 6.07) is 10.1. The molecule has 1 aliphatic rings. The fraction of sp³-hybridized carbons (Fsp3) is 0.211. The summed E-state index contributed by atoms with van der Waals surface area (Å²) in [6.07, 6.45) is 9.53. The lowest BCUT2D eigenvalue weighted by Crippen LogP contribution is -2.18. The summed E-state index contributed by atoms with van der Waals surface area (Å²) in [5.74, 6) is 0.131. The Morgan fingerprint density at radius 3 is 1.82 bits per heavy atom. The van der Waals surface area contributed by atoms with Gasteiger partial charge in [-0.2, -0.15) is 0 Å². The number of nitrogens with zero attached hydrogens (tertiary/aromatic N) is 3. The Hall–Kier alpha value is -0.810. The van der Waals surface area contributed by atoms with Gasteiger partial charge >= 0.3 is 0 Å². The third-order valence-electron chi connectivity index (χ3n) is 3.90. The van der Waals surface area contributed by atoms with Gasteiger partial charge in [0.25, 0.3) is 0 Å². The molecule has 1 aromatic carbocycles. The Morgan fingerprint density at radius 2 is 1.32 bits per heavy atom. The maximum atomic E-state index is 5.92. The van der Waals surface area contributed by atoms with Crippen LogP contribution >= 0.6 is 69.6 Å². The molecule has 28 heavy (non-hydrogen) atoms. The first-order chi connectivity index (χ1) is 13.1. The van der Waals surface area contributed by atoms with Crippen LogP contribution in [0.25, 0.3) is 11.6 Å². The summed E-state index contributed by atoms with van der Waals surface area (Å²) < 4.78 is -3.73. The van der Waals surface area contributed by atoms with E-state index < -0.39 is 7.59 Å². The Balaban J connectivity index is 1.90. The van der Waals surface area contributed by atoms with Crippen molar-refractivity contribution in [2.24, 2.45) is 0 Å². The minimum atomic E-state index is -1.86. The fourth-order valence-electron chi connectivity index (χ4n) is 2.52. The Labute approximate surface area is 193 Å².